The minimum atomic E-state index is -1.20. The fourth-order valence-corrected chi connectivity index (χ4v) is 4.04. The zero-order valence-corrected chi connectivity index (χ0v) is 15.2. The molecule has 8 nitrogen and oxygen atoms in total. The Kier molecular flexibility index (Phi) is 5.82. The van der Waals surface area contributed by atoms with Crippen molar-refractivity contribution in [3.8, 4) is 0 Å². The molecule has 1 amide bonds. The van der Waals surface area contributed by atoms with Crippen LogP contribution in [0.25, 0.3) is 10.9 Å². The van der Waals surface area contributed by atoms with Crippen molar-refractivity contribution in [1.29, 1.82) is 0 Å². The Labute approximate surface area is 159 Å². The average Bonchev–Trinajstić information content (AvgIpc) is 3.04. The van der Waals surface area contributed by atoms with Gasteiger partial charge in [0.25, 0.3) is 0 Å². The van der Waals surface area contributed by atoms with E-state index in [-0.39, 0.29) is 0 Å². The predicted octanol–water partition coefficient (Wildman–Crippen LogP) is 1.92. The number of fused-ring (bicyclic) bond motifs is 1. The minimum Gasteiger partial charge on any atom is -0.480 e. The summed E-state index contributed by atoms with van der Waals surface area (Å²) in [5.74, 6) is -0.833. The molecule has 142 valence electrons. The Morgan fingerprint density at radius 1 is 1.19 bits per heavy atom. The van der Waals surface area contributed by atoms with Crippen molar-refractivity contribution in [2.75, 3.05) is 29.9 Å². The number of H-pyrrole nitrogens is 1. The highest BCUT2D eigenvalue weighted by Crippen LogP contribution is 2.31. The molecule has 2 aromatic rings. The van der Waals surface area contributed by atoms with Crippen molar-refractivity contribution in [3.63, 3.8) is 0 Å². The molecular weight excluding hydrogens is 370 g/mol. The number of hydrogen-bond acceptors (Lipinski definition) is 5. The van der Waals surface area contributed by atoms with E-state index in [1.165, 1.54) is 0 Å². The van der Waals surface area contributed by atoms with E-state index in [9.17, 15) is 19.5 Å². The van der Waals surface area contributed by atoms with E-state index in [0.717, 1.165) is 42.1 Å². The van der Waals surface area contributed by atoms with Gasteiger partial charge in [0, 0.05) is 65.1 Å². The summed E-state index contributed by atoms with van der Waals surface area (Å²) in [6.07, 6.45) is 3.39. The highest BCUT2D eigenvalue weighted by Gasteiger charge is 2.30. The van der Waals surface area contributed by atoms with Gasteiger partial charge in [-0.1, -0.05) is 6.07 Å². The highest BCUT2D eigenvalue weighted by molar-refractivity contribution is 7.99. The van der Waals surface area contributed by atoms with Crippen LogP contribution in [0.2, 0.25) is 0 Å². The average molecular weight is 389 g/mol. The lowest BCUT2D eigenvalue weighted by Crippen LogP contribution is -2.39. The summed E-state index contributed by atoms with van der Waals surface area (Å²) >= 11 is 1.82. The number of aromatic amines is 1. The molecule has 9 heteroatoms. The number of thioether (sulfide) groups is 1. The molecule has 1 fully saturated rings. The summed E-state index contributed by atoms with van der Waals surface area (Å²) in [4.78, 5) is 39.1. The zero-order valence-electron chi connectivity index (χ0n) is 14.3. The van der Waals surface area contributed by atoms with Crippen LogP contribution < -0.4 is 5.32 Å². The molecular formula is C18H19N3O5S. The summed E-state index contributed by atoms with van der Waals surface area (Å²) < 4.78 is 0. The second-order valence-electron chi connectivity index (χ2n) is 6.05. The molecule has 1 aliphatic heterocycles. The van der Waals surface area contributed by atoms with E-state index in [4.69, 9.17) is 5.11 Å². The first-order valence-electron chi connectivity index (χ1n) is 8.33. The maximum Gasteiger partial charge on any atom is 0.328 e. The van der Waals surface area contributed by atoms with E-state index in [1.807, 2.05) is 16.7 Å². The Bertz CT molecular complexity index is 902. The van der Waals surface area contributed by atoms with Crippen LogP contribution in [0.4, 0.5) is 5.69 Å². The molecule has 0 unspecified atom stereocenters. The zero-order chi connectivity index (χ0) is 19.4. The van der Waals surface area contributed by atoms with Crippen LogP contribution >= 0.6 is 11.8 Å². The fraction of sp³-hybridized carbons (Fsp3) is 0.278. The maximum absolute atomic E-state index is 11.9. The second-order valence-corrected chi connectivity index (χ2v) is 7.28. The third-order valence-electron chi connectivity index (χ3n) is 4.30. The molecule has 1 aromatic heterocycles. The first kappa shape index (κ1) is 19.0. The molecule has 2 heterocycles. The monoisotopic (exact) mass is 389 g/mol. The first-order valence-corrected chi connectivity index (χ1v) is 9.49. The number of anilines is 1. The van der Waals surface area contributed by atoms with Gasteiger partial charge in [-0.25, -0.2) is 4.79 Å². The van der Waals surface area contributed by atoms with Gasteiger partial charge in [0.05, 0.1) is 0 Å². The van der Waals surface area contributed by atoms with E-state index in [1.54, 1.807) is 24.4 Å². The van der Waals surface area contributed by atoms with Crippen LogP contribution in [-0.2, 0) is 14.4 Å². The van der Waals surface area contributed by atoms with Gasteiger partial charge < -0.3 is 20.5 Å². The molecule has 0 spiro atoms. The van der Waals surface area contributed by atoms with Crippen molar-refractivity contribution >= 4 is 46.2 Å². The molecule has 0 saturated carbocycles. The highest BCUT2D eigenvalue weighted by atomic mass is 32.2. The summed E-state index contributed by atoms with van der Waals surface area (Å²) in [6.45, 7) is 1.44. The van der Waals surface area contributed by atoms with Crippen LogP contribution in [0.3, 0.4) is 0 Å². The number of carboxylic acid groups (broad SMARTS) is 2. The standard InChI is InChI=1S/C18H19N3O5S/c22-15(3-4-16(23)24)20-11-1-2-12-13(10-19-14(12)9-11)17(18(25)26)21-5-7-27-8-6-21/h1-4,9-10,17,19H,5-8H2,(H,20,22)(H,23,24)(H,25,26)/b4-3+/t17-/m0/s1. The van der Waals surface area contributed by atoms with Gasteiger partial charge >= 0.3 is 11.9 Å². The molecule has 1 aliphatic rings. The maximum atomic E-state index is 11.9. The van der Waals surface area contributed by atoms with Crippen LogP contribution in [0.15, 0.2) is 36.5 Å². The first-order chi connectivity index (χ1) is 13.0. The lowest BCUT2D eigenvalue weighted by molar-refractivity contribution is -0.143. The van der Waals surface area contributed by atoms with Gasteiger partial charge in [-0.3, -0.25) is 14.5 Å². The number of rotatable bonds is 6. The molecule has 0 radical (unpaired) electrons. The van der Waals surface area contributed by atoms with E-state index >= 15 is 0 Å². The number of aromatic nitrogens is 1. The van der Waals surface area contributed by atoms with Crippen molar-refractivity contribution in [3.05, 3.63) is 42.1 Å². The number of carbonyl (C=O) groups excluding carboxylic acids is 1. The largest absolute Gasteiger partial charge is 0.480 e. The van der Waals surface area contributed by atoms with Crippen molar-refractivity contribution < 1.29 is 24.6 Å². The van der Waals surface area contributed by atoms with E-state index < -0.39 is 23.9 Å². The fourth-order valence-electron chi connectivity index (χ4n) is 3.11. The number of nitrogens with zero attached hydrogens (tertiary/aromatic N) is 1. The van der Waals surface area contributed by atoms with Gasteiger partial charge in [0.1, 0.15) is 6.04 Å². The van der Waals surface area contributed by atoms with Crippen molar-refractivity contribution in [2.45, 2.75) is 6.04 Å². The molecule has 27 heavy (non-hydrogen) atoms. The molecule has 3 rings (SSSR count). The number of benzene rings is 1. The summed E-state index contributed by atoms with van der Waals surface area (Å²) in [6, 6.07) is 4.39. The van der Waals surface area contributed by atoms with Crippen molar-refractivity contribution in [1.82, 2.24) is 9.88 Å². The smallest absolute Gasteiger partial charge is 0.328 e. The number of hydrogen-bond donors (Lipinski definition) is 4. The number of nitrogens with one attached hydrogen (secondary N) is 2. The van der Waals surface area contributed by atoms with Crippen molar-refractivity contribution in [2.24, 2.45) is 0 Å². The Hall–Kier alpha value is -2.78. The van der Waals surface area contributed by atoms with Crippen LogP contribution in [0, 0.1) is 0 Å². The van der Waals surface area contributed by atoms with Gasteiger partial charge in [0.2, 0.25) is 5.91 Å². The van der Waals surface area contributed by atoms with E-state index in [0.29, 0.717) is 16.8 Å². The van der Waals surface area contributed by atoms with Gasteiger partial charge in [-0.05, 0) is 12.1 Å². The number of carboxylic acids is 2. The third-order valence-corrected chi connectivity index (χ3v) is 5.24. The second kappa shape index (κ2) is 8.28. The van der Waals surface area contributed by atoms with Gasteiger partial charge in [-0.2, -0.15) is 11.8 Å². The Morgan fingerprint density at radius 3 is 2.59 bits per heavy atom. The van der Waals surface area contributed by atoms with Crippen LogP contribution in [0.1, 0.15) is 11.6 Å². The lowest BCUT2D eigenvalue weighted by Gasteiger charge is -2.31. The molecule has 4 N–H and O–H groups in total. The lowest BCUT2D eigenvalue weighted by atomic mass is 10.0. The normalized spacial score (nSPS) is 16.4. The molecule has 0 bridgehead atoms. The quantitative estimate of drug-likeness (QED) is 0.557. The molecule has 1 aromatic carbocycles. The molecule has 1 saturated heterocycles. The van der Waals surface area contributed by atoms with Gasteiger partial charge in [0.15, 0.2) is 0 Å². The van der Waals surface area contributed by atoms with E-state index in [2.05, 4.69) is 10.3 Å². The predicted molar refractivity (Wildman–Crippen MR) is 103 cm³/mol. The number of aliphatic carboxylic acids is 2. The van der Waals surface area contributed by atoms with Gasteiger partial charge in [-0.15, -0.1) is 0 Å². The molecule has 0 aliphatic carbocycles. The SMILES string of the molecule is O=C(O)/C=C/C(=O)Nc1ccc2c([C@@H](C(=O)O)N3CCSCC3)c[nH]c2c1. The van der Waals surface area contributed by atoms with Crippen LogP contribution in [0.5, 0.6) is 0 Å². The summed E-state index contributed by atoms with van der Waals surface area (Å²) in [5.41, 5.74) is 1.87. The third kappa shape index (κ3) is 4.50. The minimum absolute atomic E-state index is 0.484. The molecule has 1 atom stereocenters. The summed E-state index contributed by atoms with van der Waals surface area (Å²) in [5, 5.41) is 21.7. The summed E-state index contributed by atoms with van der Waals surface area (Å²) in [7, 11) is 0. The number of amides is 1. The Morgan fingerprint density at radius 2 is 1.93 bits per heavy atom. The topological polar surface area (TPSA) is 123 Å². The van der Waals surface area contributed by atoms with Crippen LogP contribution in [-0.4, -0.2) is 62.5 Å². The number of carbonyl (C=O) groups is 3. The Balaban J connectivity index is 1.85.